The molecule has 0 spiro atoms. The van der Waals surface area contributed by atoms with Crippen molar-refractivity contribution in [2.24, 2.45) is 23.7 Å². The fourth-order valence-electron chi connectivity index (χ4n) is 6.05. The monoisotopic (exact) mass is 353 g/mol. The molecule has 0 radical (unpaired) electrons. The van der Waals surface area contributed by atoms with Crippen molar-refractivity contribution in [3.05, 3.63) is 48.0 Å². The number of aromatic nitrogens is 2. The van der Waals surface area contributed by atoms with Gasteiger partial charge in [0, 0.05) is 19.3 Å². The molecule has 6 rings (SSSR count). The average Bonchev–Trinajstić information content (AvgIpc) is 3.10. The number of rotatable bonds is 3. The van der Waals surface area contributed by atoms with Crippen LogP contribution in [0.2, 0.25) is 0 Å². The van der Waals surface area contributed by atoms with Gasteiger partial charge < -0.3 is 4.90 Å². The molecule has 1 amide bonds. The Kier molecular flexibility index (Phi) is 3.66. The van der Waals surface area contributed by atoms with Gasteiger partial charge in [-0.1, -0.05) is 12.1 Å². The molecule has 0 aliphatic heterocycles. The fourth-order valence-corrected chi connectivity index (χ4v) is 6.05. The van der Waals surface area contributed by atoms with Crippen LogP contribution in [0.15, 0.2) is 36.5 Å². The zero-order chi connectivity index (χ0) is 17.8. The standard InChI is InChI=1S/C21H24FN3O/c1-24(20-15-9-13-8-14(11-15)12-16(20)10-13)21(26)18-6-7-25(23-18)19-5-3-2-4-17(19)22/h2-7,13-16,20H,8-12H2,1H3. The summed E-state index contributed by atoms with van der Waals surface area (Å²) in [5.41, 5.74) is 0.758. The molecule has 4 nitrogen and oxygen atoms in total. The van der Waals surface area contributed by atoms with Crippen LogP contribution in [0.5, 0.6) is 0 Å². The second-order valence-electron chi connectivity index (χ2n) is 8.43. The molecule has 0 N–H and O–H groups in total. The van der Waals surface area contributed by atoms with E-state index in [1.807, 2.05) is 11.9 Å². The molecule has 1 heterocycles. The molecule has 2 aromatic rings. The van der Waals surface area contributed by atoms with Crippen molar-refractivity contribution in [1.29, 1.82) is 0 Å². The second-order valence-corrected chi connectivity index (χ2v) is 8.43. The SMILES string of the molecule is CN(C(=O)c1ccn(-c2ccccc2F)n1)C1C2CC3CC(C2)CC1C3. The van der Waals surface area contributed by atoms with Gasteiger partial charge in [0.05, 0.1) is 0 Å². The molecular weight excluding hydrogens is 329 g/mol. The fraction of sp³-hybridized carbons (Fsp3) is 0.524. The lowest BCUT2D eigenvalue weighted by Gasteiger charge is -2.56. The molecular formula is C21H24FN3O. The first-order valence-electron chi connectivity index (χ1n) is 9.68. The zero-order valence-corrected chi connectivity index (χ0v) is 15.0. The third kappa shape index (κ3) is 2.48. The average molecular weight is 353 g/mol. The van der Waals surface area contributed by atoms with E-state index < -0.39 is 0 Å². The first kappa shape index (κ1) is 16.0. The first-order chi connectivity index (χ1) is 12.6. The summed E-state index contributed by atoms with van der Waals surface area (Å²) in [6, 6.07) is 8.52. The van der Waals surface area contributed by atoms with Gasteiger partial charge in [0.25, 0.3) is 5.91 Å². The smallest absolute Gasteiger partial charge is 0.274 e. The number of hydrogen-bond acceptors (Lipinski definition) is 2. The minimum absolute atomic E-state index is 0.0439. The summed E-state index contributed by atoms with van der Waals surface area (Å²) in [6.07, 6.45) is 8.18. The Morgan fingerprint density at radius 1 is 1.08 bits per heavy atom. The Bertz CT molecular complexity index is 817. The van der Waals surface area contributed by atoms with Gasteiger partial charge in [-0.25, -0.2) is 9.07 Å². The lowest BCUT2D eigenvalue weighted by atomic mass is 9.54. The molecule has 0 saturated heterocycles. The van der Waals surface area contributed by atoms with Crippen molar-refractivity contribution >= 4 is 5.91 Å². The van der Waals surface area contributed by atoms with Crippen molar-refractivity contribution in [3.8, 4) is 5.69 Å². The summed E-state index contributed by atoms with van der Waals surface area (Å²) in [6.45, 7) is 0. The molecule has 1 aromatic heterocycles. The van der Waals surface area contributed by atoms with Gasteiger partial charge in [0.2, 0.25) is 0 Å². The highest BCUT2D eigenvalue weighted by molar-refractivity contribution is 5.92. The molecule has 4 aliphatic carbocycles. The number of carbonyl (C=O) groups excluding carboxylic acids is 1. The van der Waals surface area contributed by atoms with Crippen molar-refractivity contribution in [3.63, 3.8) is 0 Å². The summed E-state index contributed by atoms with van der Waals surface area (Å²) in [5, 5.41) is 4.36. The van der Waals surface area contributed by atoms with E-state index in [2.05, 4.69) is 5.10 Å². The van der Waals surface area contributed by atoms with Crippen molar-refractivity contribution in [1.82, 2.24) is 14.7 Å². The maximum atomic E-state index is 14.0. The lowest BCUT2D eigenvalue weighted by molar-refractivity contribution is -0.0492. The topological polar surface area (TPSA) is 38.1 Å². The van der Waals surface area contributed by atoms with E-state index in [9.17, 15) is 9.18 Å². The highest BCUT2D eigenvalue weighted by atomic mass is 19.1. The number of halogens is 1. The van der Waals surface area contributed by atoms with Crippen molar-refractivity contribution < 1.29 is 9.18 Å². The predicted octanol–water partition coefficient (Wildman–Crippen LogP) is 3.91. The number of hydrogen-bond donors (Lipinski definition) is 0. The van der Waals surface area contributed by atoms with Crippen LogP contribution in [0, 0.1) is 29.5 Å². The van der Waals surface area contributed by atoms with Gasteiger partial charge in [0.1, 0.15) is 11.5 Å². The third-order valence-corrected chi connectivity index (χ3v) is 6.85. The van der Waals surface area contributed by atoms with Crippen LogP contribution >= 0.6 is 0 Å². The second kappa shape index (κ2) is 5.93. The maximum Gasteiger partial charge on any atom is 0.274 e. The summed E-state index contributed by atoms with van der Waals surface area (Å²) in [5.74, 6) is 2.68. The number of carbonyl (C=O) groups is 1. The molecule has 4 aliphatic rings. The largest absolute Gasteiger partial charge is 0.337 e. The summed E-state index contributed by atoms with van der Waals surface area (Å²) < 4.78 is 15.4. The van der Waals surface area contributed by atoms with Gasteiger partial charge in [-0.2, -0.15) is 5.10 Å². The molecule has 4 bridgehead atoms. The Morgan fingerprint density at radius 3 is 2.38 bits per heavy atom. The number of para-hydroxylation sites is 1. The van der Waals surface area contributed by atoms with E-state index in [1.165, 1.54) is 42.9 Å². The molecule has 5 heteroatoms. The van der Waals surface area contributed by atoms with E-state index >= 15 is 0 Å². The number of benzene rings is 1. The van der Waals surface area contributed by atoms with Gasteiger partial charge in [0.15, 0.2) is 5.69 Å². The maximum absolute atomic E-state index is 14.0. The van der Waals surface area contributed by atoms with Gasteiger partial charge in [-0.3, -0.25) is 4.79 Å². The molecule has 4 saturated carbocycles. The Labute approximate surface area is 153 Å². The Balaban J connectivity index is 1.38. The molecule has 26 heavy (non-hydrogen) atoms. The molecule has 4 fully saturated rings. The normalized spacial score (nSPS) is 32.0. The minimum atomic E-state index is -0.344. The van der Waals surface area contributed by atoms with Crippen LogP contribution in [-0.2, 0) is 0 Å². The van der Waals surface area contributed by atoms with E-state index in [-0.39, 0.29) is 11.7 Å². The Hall–Kier alpha value is -2.17. The van der Waals surface area contributed by atoms with Crippen LogP contribution < -0.4 is 0 Å². The minimum Gasteiger partial charge on any atom is -0.337 e. The van der Waals surface area contributed by atoms with Crippen molar-refractivity contribution in [2.45, 2.75) is 38.1 Å². The molecule has 0 atom stereocenters. The molecule has 136 valence electrons. The highest BCUT2D eigenvalue weighted by Gasteiger charge is 2.50. The van der Waals surface area contributed by atoms with E-state index in [4.69, 9.17) is 0 Å². The Morgan fingerprint density at radius 2 is 1.73 bits per heavy atom. The third-order valence-electron chi connectivity index (χ3n) is 6.85. The van der Waals surface area contributed by atoms with E-state index in [0.717, 1.165) is 11.8 Å². The van der Waals surface area contributed by atoms with Gasteiger partial charge >= 0.3 is 0 Å². The van der Waals surface area contributed by atoms with Crippen LogP contribution in [0.4, 0.5) is 4.39 Å². The molecule has 0 unspecified atom stereocenters. The summed E-state index contributed by atoms with van der Waals surface area (Å²) >= 11 is 0. The van der Waals surface area contributed by atoms with Crippen molar-refractivity contribution in [2.75, 3.05) is 7.05 Å². The predicted molar refractivity (Wildman–Crippen MR) is 96.4 cm³/mol. The van der Waals surface area contributed by atoms with Crippen LogP contribution in [0.25, 0.3) is 5.69 Å². The highest BCUT2D eigenvalue weighted by Crippen LogP contribution is 2.55. The van der Waals surface area contributed by atoms with Gasteiger partial charge in [-0.15, -0.1) is 0 Å². The van der Waals surface area contributed by atoms with Crippen LogP contribution in [-0.4, -0.2) is 33.7 Å². The summed E-state index contributed by atoms with van der Waals surface area (Å²) in [7, 11) is 1.93. The number of nitrogens with zero attached hydrogens (tertiary/aromatic N) is 3. The van der Waals surface area contributed by atoms with E-state index in [0.29, 0.717) is 29.3 Å². The van der Waals surface area contributed by atoms with Crippen LogP contribution in [0.1, 0.15) is 42.6 Å². The number of amides is 1. The quantitative estimate of drug-likeness (QED) is 0.839. The lowest BCUT2D eigenvalue weighted by Crippen LogP contribution is -2.56. The van der Waals surface area contributed by atoms with Crippen LogP contribution in [0.3, 0.4) is 0 Å². The van der Waals surface area contributed by atoms with E-state index in [1.54, 1.807) is 30.5 Å². The molecule has 1 aromatic carbocycles. The first-order valence-corrected chi connectivity index (χ1v) is 9.68. The zero-order valence-electron chi connectivity index (χ0n) is 15.0. The van der Waals surface area contributed by atoms with Gasteiger partial charge in [-0.05, 0) is 74.0 Å². The summed E-state index contributed by atoms with van der Waals surface area (Å²) in [4.78, 5) is 15.0.